The van der Waals surface area contributed by atoms with Gasteiger partial charge in [-0.3, -0.25) is 9.59 Å². The van der Waals surface area contributed by atoms with Gasteiger partial charge in [0.1, 0.15) is 0 Å². The third-order valence-corrected chi connectivity index (χ3v) is 6.55. The van der Waals surface area contributed by atoms with E-state index in [1.807, 2.05) is 66.4 Å². The van der Waals surface area contributed by atoms with E-state index in [1.165, 1.54) is 0 Å². The number of halogens is 2. The standard InChI is InChI=1S/C25H23ClIN3O2/c1-17-5-7-19(8-6-17)25(32)30-15-13-29(14-16-30)23-21(26)3-2-4-22(23)28-24(31)18-9-11-20(27)12-10-18/h2-12H,13-16H2,1H3,(H,28,31). The monoisotopic (exact) mass is 559 g/mol. The summed E-state index contributed by atoms with van der Waals surface area (Å²) in [5.41, 5.74) is 3.87. The van der Waals surface area contributed by atoms with Crippen LogP contribution < -0.4 is 10.2 Å². The molecular weight excluding hydrogens is 537 g/mol. The molecule has 7 heteroatoms. The number of nitrogens with zero attached hydrogens (tertiary/aromatic N) is 2. The Morgan fingerprint density at radius 1 is 0.875 bits per heavy atom. The summed E-state index contributed by atoms with van der Waals surface area (Å²) in [4.78, 5) is 29.6. The first-order chi connectivity index (χ1) is 15.4. The van der Waals surface area contributed by atoms with Crippen LogP contribution in [0, 0.1) is 10.5 Å². The topological polar surface area (TPSA) is 52.7 Å². The highest BCUT2D eigenvalue weighted by Crippen LogP contribution is 2.35. The largest absolute Gasteiger partial charge is 0.365 e. The van der Waals surface area contributed by atoms with Crippen molar-refractivity contribution in [3.8, 4) is 0 Å². The summed E-state index contributed by atoms with van der Waals surface area (Å²) in [7, 11) is 0. The molecule has 4 rings (SSSR count). The van der Waals surface area contributed by atoms with Crippen molar-refractivity contribution >= 4 is 57.4 Å². The zero-order valence-electron chi connectivity index (χ0n) is 17.6. The van der Waals surface area contributed by atoms with Crippen molar-refractivity contribution in [1.29, 1.82) is 0 Å². The highest BCUT2D eigenvalue weighted by atomic mass is 127. The maximum atomic E-state index is 12.8. The number of carbonyl (C=O) groups is 2. The molecule has 1 aliphatic heterocycles. The van der Waals surface area contributed by atoms with Gasteiger partial charge < -0.3 is 15.1 Å². The summed E-state index contributed by atoms with van der Waals surface area (Å²) < 4.78 is 1.07. The average molecular weight is 560 g/mol. The smallest absolute Gasteiger partial charge is 0.255 e. The number of amides is 2. The molecule has 1 N–H and O–H groups in total. The lowest BCUT2D eigenvalue weighted by Gasteiger charge is -2.37. The minimum atomic E-state index is -0.182. The number of aryl methyl sites for hydroxylation is 1. The fourth-order valence-corrected chi connectivity index (χ4v) is 4.40. The molecule has 0 unspecified atom stereocenters. The fourth-order valence-electron chi connectivity index (χ4n) is 3.75. The number of hydrogen-bond acceptors (Lipinski definition) is 3. The van der Waals surface area contributed by atoms with E-state index in [1.54, 1.807) is 12.1 Å². The van der Waals surface area contributed by atoms with Gasteiger partial charge in [0, 0.05) is 40.9 Å². The minimum Gasteiger partial charge on any atom is -0.365 e. The van der Waals surface area contributed by atoms with Gasteiger partial charge in [0.05, 0.1) is 16.4 Å². The molecule has 0 bridgehead atoms. The molecule has 1 fully saturated rings. The summed E-state index contributed by atoms with van der Waals surface area (Å²) in [6.07, 6.45) is 0. The highest BCUT2D eigenvalue weighted by molar-refractivity contribution is 14.1. The molecule has 0 saturated carbocycles. The van der Waals surface area contributed by atoms with Gasteiger partial charge in [-0.05, 0) is 78.0 Å². The summed E-state index contributed by atoms with van der Waals surface area (Å²) in [5, 5.41) is 3.57. The Morgan fingerprint density at radius 3 is 2.16 bits per heavy atom. The van der Waals surface area contributed by atoms with Crippen LogP contribution in [0.1, 0.15) is 26.3 Å². The van der Waals surface area contributed by atoms with Crippen LogP contribution >= 0.6 is 34.2 Å². The Kier molecular flexibility index (Phi) is 7.01. The molecule has 164 valence electrons. The van der Waals surface area contributed by atoms with Gasteiger partial charge in [-0.25, -0.2) is 0 Å². The quantitative estimate of drug-likeness (QED) is 0.432. The van der Waals surface area contributed by atoms with E-state index in [4.69, 9.17) is 11.6 Å². The average Bonchev–Trinajstić information content (AvgIpc) is 2.80. The van der Waals surface area contributed by atoms with E-state index in [2.05, 4.69) is 32.8 Å². The number of hydrogen-bond donors (Lipinski definition) is 1. The molecule has 1 aliphatic rings. The summed E-state index contributed by atoms with van der Waals surface area (Å²) >= 11 is 8.76. The van der Waals surface area contributed by atoms with Crippen LogP contribution in [0.25, 0.3) is 0 Å². The van der Waals surface area contributed by atoms with Crippen molar-refractivity contribution in [2.24, 2.45) is 0 Å². The van der Waals surface area contributed by atoms with Crippen molar-refractivity contribution in [2.45, 2.75) is 6.92 Å². The van der Waals surface area contributed by atoms with Crippen molar-refractivity contribution in [3.63, 3.8) is 0 Å². The molecule has 1 heterocycles. The molecule has 0 aromatic heterocycles. The van der Waals surface area contributed by atoms with E-state index in [0.29, 0.717) is 48.0 Å². The molecule has 3 aromatic carbocycles. The van der Waals surface area contributed by atoms with Crippen LogP contribution in [0.5, 0.6) is 0 Å². The van der Waals surface area contributed by atoms with E-state index in [9.17, 15) is 9.59 Å². The van der Waals surface area contributed by atoms with Crippen LogP contribution in [-0.4, -0.2) is 42.9 Å². The Morgan fingerprint density at radius 2 is 1.50 bits per heavy atom. The third kappa shape index (κ3) is 5.07. The fraction of sp³-hybridized carbons (Fsp3) is 0.200. The summed E-state index contributed by atoms with van der Waals surface area (Å²) in [6.45, 7) is 4.44. The van der Waals surface area contributed by atoms with Crippen molar-refractivity contribution in [3.05, 3.63) is 92.0 Å². The maximum absolute atomic E-state index is 12.8. The molecule has 2 amide bonds. The Bertz CT molecular complexity index is 1120. The molecule has 1 saturated heterocycles. The van der Waals surface area contributed by atoms with Gasteiger partial charge in [0.2, 0.25) is 0 Å². The number of benzene rings is 3. The first kappa shape index (κ1) is 22.6. The second-order valence-electron chi connectivity index (χ2n) is 7.74. The molecule has 3 aromatic rings. The van der Waals surface area contributed by atoms with E-state index < -0.39 is 0 Å². The predicted molar refractivity (Wildman–Crippen MR) is 138 cm³/mol. The van der Waals surface area contributed by atoms with Crippen LogP contribution in [0.2, 0.25) is 5.02 Å². The first-order valence-corrected chi connectivity index (χ1v) is 11.8. The van der Waals surface area contributed by atoms with Gasteiger partial charge >= 0.3 is 0 Å². The Labute approximate surface area is 206 Å². The van der Waals surface area contributed by atoms with Gasteiger partial charge in [-0.15, -0.1) is 0 Å². The Balaban J connectivity index is 1.47. The van der Waals surface area contributed by atoms with Crippen molar-refractivity contribution in [1.82, 2.24) is 4.90 Å². The molecule has 0 aliphatic carbocycles. The van der Waals surface area contributed by atoms with Crippen LogP contribution in [-0.2, 0) is 0 Å². The molecule has 5 nitrogen and oxygen atoms in total. The second kappa shape index (κ2) is 9.92. The predicted octanol–water partition coefficient (Wildman–Crippen LogP) is 5.47. The molecule has 0 spiro atoms. The number of para-hydroxylation sites is 1. The maximum Gasteiger partial charge on any atom is 0.255 e. The zero-order valence-corrected chi connectivity index (χ0v) is 20.6. The number of nitrogens with one attached hydrogen (secondary N) is 1. The lowest BCUT2D eigenvalue weighted by molar-refractivity contribution is 0.0746. The van der Waals surface area contributed by atoms with Gasteiger partial charge in [0.25, 0.3) is 11.8 Å². The van der Waals surface area contributed by atoms with E-state index in [-0.39, 0.29) is 11.8 Å². The van der Waals surface area contributed by atoms with Crippen molar-refractivity contribution < 1.29 is 9.59 Å². The number of piperazine rings is 1. The first-order valence-electron chi connectivity index (χ1n) is 10.4. The highest BCUT2D eigenvalue weighted by Gasteiger charge is 2.25. The van der Waals surface area contributed by atoms with Crippen LogP contribution in [0.3, 0.4) is 0 Å². The molecular formula is C25H23ClIN3O2. The van der Waals surface area contributed by atoms with E-state index in [0.717, 1.165) is 14.8 Å². The summed E-state index contributed by atoms with van der Waals surface area (Å²) in [5.74, 6) is -0.144. The minimum absolute atomic E-state index is 0.0380. The Hall–Kier alpha value is -2.58. The zero-order chi connectivity index (χ0) is 22.7. The molecule has 32 heavy (non-hydrogen) atoms. The molecule has 0 radical (unpaired) electrons. The van der Waals surface area contributed by atoms with Crippen molar-refractivity contribution in [2.75, 3.05) is 36.4 Å². The number of anilines is 2. The van der Waals surface area contributed by atoms with Crippen LogP contribution in [0.15, 0.2) is 66.7 Å². The van der Waals surface area contributed by atoms with Gasteiger partial charge in [-0.2, -0.15) is 0 Å². The molecule has 0 atom stereocenters. The SMILES string of the molecule is Cc1ccc(C(=O)N2CCN(c3c(Cl)cccc3NC(=O)c3ccc(I)cc3)CC2)cc1. The summed E-state index contributed by atoms with van der Waals surface area (Å²) in [6, 6.07) is 20.6. The second-order valence-corrected chi connectivity index (χ2v) is 9.40. The van der Waals surface area contributed by atoms with E-state index >= 15 is 0 Å². The lowest BCUT2D eigenvalue weighted by atomic mass is 10.1. The van der Waals surface area contributed by atoms with Gasteiger partial charge in [0.15, 0.2) is 0 Å². The van der Waals surface area contributed by atoms with Crippen LogP contribution in [0.4, 0.5) is 11.4 Å². The normalized spacial score (nSPS) is 13.7. The van der Waals surface area contributed by atoms with Gasteiger partial charge in [-0.1, -0.05) is 35.4 Å². The number of carbonyl (C=O) groups excluding carboxylic acids is 2. The number of rotatable bonds is 4. The third-order valence-electron chi connectivity index (χ3n) is 5.52. The lowest BCUT2D eigenvalue weighted by Crippen LogP contribution is -2.49.